The average Bonchev–Trinajstić information content (AvgIpc) is 3.45. The van der Waals surface area contributed by atoms with E-state index in [2.05, 4.69) is 39.1 Å². The van der Waals surface area contributed by atoms with Gasteiger partial charge >= 0.3 is 0 Å². The summed E-state index contributed by atoms with van der Waals surface area (Å²) >= 11 is 1.10. The molecule has 10 heteroatoms. The van der Waals surface area contributed by atoms with E-state index in [-0.39, 0.29) is 28.5 Å². The lowest BCUT2D eigenvalue weighted by molar-refractivity contribution is -0.384. The van der Waals surface area contributed by atoms with Crippen molar-refractivity contribution < 1.29 is 14.1 Å². The molecule has 0 aliphatic carbocycles. The molecule has 0 saturated heterocycles. The number of carbonyl (C=O) groups excluding carboxylic acids is 1. The molecule has 0 atom stereocenters. The highest BCUT2D eigenvalue weighted by Crippen LogP contribution is 2.31. The fraction of sp³-hybridized carbons (Fsp3) is 0.125. The number of hydrogen-bond donors (Lipinski definition) is 1. The first kappa shape index (κ1) is 21.7. The summed E-state index contributed by atoms with van der Waals surface area (Å²) in [7, 11) is 0. The Balaban J connectivity index is 1.28. The van der Waals surface area contributed by atoms with Crippen LogP contribution in [0.5, 0.6) is 0 Å². The molecule has 5 rings (SSSR count). The number of nitrogens with zero attached hydrogens (tertiary/aromatic N) is 4. The van der Waals surface area contributed by atoms with E-state index < -0.39 is 4.92 Å². The molecule has 0 radical (unpaired) electrons. The third-order valence-electron chi connectivity index (χ3n) is 5.41. The van der Waals surface area contributed by atoms with Crippen molar-refractivity contribution in [1.29, 1.82) is 0 Å². The normalized spacial score (nSPS) is 11.2. The summed E-state index contributed by atoms with van der Waals surface area (Å²) in [5.74, 6) is 0.0220. The number of amides is 1. The average molecular weight is 474 g/mol. The molecule has 34 heavy (non-hydrogen) atoms. The predicted molar refractivity (Wildman–Crippen MR) is 131 cm³/mol. The van der Waals surface area contributed by atoms with Crippen LogP contribution >= 0.6 is 11.8 Å². The molecule has 0 unspecified atom stereocenters. The first-order valence-corrected chi connectivity index (χ1v) is 11.5. The molecular weight excluding hydrogens is 454 g/mol. The van der Waals surface area contributed by atoms with Gasteiger partial charge in [0.2, 0.25) is 11.8 Å². The molecule has 3 aromatic carbocycles. The Labute approximate surface area is 197 Å². The SMILES string of the molecule is CCn1c2ccccc2c2cc(NC(=O)CSc3nnc(-c4cccc([N+](=O)[O-])c4)o3)ccc21. The minimum absolute atomic E-state index is 0.0664. The maximum Gasteiger partial charge on any atom is 0.277 e. The largest absolute Gasteiger partial charge is 0.411 e. The lowest BCUT2D eigenvalue weighted by atomic mass is 10.1. The maximum atomic E-state index is 12.5. The zero-order valence-corrected chi connectivity index (χ0v) is 18.9. The Kier molecular flexibility index (Phi) is 5.72. The van der Waals surface area contributed by atoms with E-state index in [9.17, 15) is 14.9 Å². The molecule has 0 aliphatic heterocycles. The van der Waals surface area contributed by atoms with E-state index in [1.807, 2.05) is 30.3 Å². The van der Waals surface area contributed by atoms with Gasteiger partial charge in [-0.25, -0.2) is 0 Å². The number of rotatable bonds is 7. The molecule has 170 valence electrons. The quantitative estimate of drug-likeness (QED) is 0.188. The summed E-state index contributed by atoms with van der Waals surface area (Å²) in [4.78, 5) is 23.0. The number of nitro groups is 1. The van der Waals surface area contributed by atoms with Crippen molar-refractivity contribution in [3.8, 4) is 11.5 Å². The number of carbonyl (C=O) groups is 1. The summed E-state index contributed by atoms with van der Waals surface area (Å²) in [6.07, 6.45) is 0. The van der Waals surface area contributed by atoms with E-state index in [0.29, 0.717) is 11.3 Å². The van der Waals surface area contributed by atoms with E-state index >= 15 is 0 Å². The van der Waals surface area contributed by atoms with Crippen molar-refractivity contribution >= 4 is 50.8 Å². The summed E-state index contributed by atoms with van der Waals surface area (Å²) in [6, 6.07) is 20.1. The molecule has 0 bridgehead atoms. The smallest absolute Gasteiger partial charge is 0.277 e. The Bertz CT molecular complexity index is 1540. The number of fused-ring (bicyclic) bond motifs is 3. The van der Waals surface area contributed by atoms with Gasteiger partial charge in [-0.3, -0.25) is 14.9 Å². The van der Waals surface area contributed by atoms with Gasteiger partial charge in [0.15, 0.2) is 0 Å². The highest BCUT2D eigenvalue weighted by molar-refractivity contribution is 7.99. The third kappa shape index (κ3) is 4.11. The number of aryl methyl sites for hydroxylation is 1. The van der Waals surface area contributed by atoms with Crippen molar-refractivity contribution in [2.75, 3.05) is 11.1 Å². The second-order valence-electron chi connectivity index (χ2n) is 7.51. The van der Waals surface area contributed by atoms with Gasteiger partial charge in [-0.1, -0.05) is 36.0 Å². The van der Waals surface area contributed by atoms with Crippen LogP contribution in [-0.2, 0) is 11.3 Å². The van der Waals surface area contributed by atoms with Crippen LogP contribution in [0.1, 0.15) is 6.92 Å². The summed E-state index contributed by atoms with van der Waals surface area (Å²) in [6.45, 7) is 2.97. The van der Waals surface area contributed by atoms with Gasteiger partial charge in [-0.2, -0.15) is 0 Å². The van der Waals surface area contributed by atoms with Gasteiger partial charge in [0.25, 0.3) is 10.9 Å². The van der Waals surface area contributed by atoms with Gasteiger partial charge in [-0.15, -0.1) is 10.2 Å². The molecule has 0 aliphatic rings. The number of para-hydroxylation sites is 1. The van der Waals surface area contributed by atoms with E-state index in [1.165, 1.54) is 12.1 Å². The monoisotopic (exact) mass is 473 g/mol. The molecule has 0 spiro atoms. The van der Waals surface area contributed by atoms with Crippen molar-refractivity contribution in [3.05, 3.63) is 76.8 Å². The van der Waals surface area contributed by atoms with Crippen LogP contribution in [-0.4, -0.2) is 31.3 Å². The van der Waals surface area contributed by atoms with Gasteiger partial charge in [0.05, 0.1) is 10.7 Å². The topological polar surface area (TPSA) is 116 Å². The zero-order valence-electron chi connectivity index (χ0n) is 18.1. The number of nitro benzene ring substituents is 1. The number of non-ortho nitro benzene ring substituents is 1. The Morgan fingerprint density at radius 3 is 2.71 bits per heavy atom. The lowest BCUT2D eigenvalue weighted by Gasteiger charge is -2.06. The third-order valence-corrected chi connectivity index (χ3v) is 6.23. The van der Waals surface area contributed by atoms with Crippen molar-refractivity contribution in [2.45, 2.75) is 18.7 Å². The second-order valence-corrected chi connectivity index (χ2v) is 8.44. The highest BCUT2D eigenvalue weighted by Gasteiger charge is 2.15. The van der Waals surface area contributed by atoms with Crippen LogP contribution in [0.4, 0.5) is 11.4 Å². The maximum absolute atomic E-state index is 12.5. The van der Waals surface area contributed by atoms with Crippen LogP contribution in [0.3, 0.4) is 0 Å². The first-order chi connectivity index (χ1) is 16.5. The molecule has 2 aromatic heterocycles. The van der Waals surface area contributed by atoms with Crippen molar-refractivity contribution in [1.82, 2.24) is 14.8 Å². The number of aromatic nitrogens is 3. The fourth-order valence-electron chi connectivity index (χ4n) is 3.93. The van der Waals surface area contributed by atoms with E-state index in [0.717, 1.165) is 40.1 Å². The van der Waals surface area contributed by atoms with Gasteiger partial charge in [-0.05, 0) is 37.3 Å². The number of thioether (sulfide) groups is 1. The second kappa shape index (κ2) is 8.99. The number of anilines is 1. The van der Waals surface area contributed by atoms with Gasteiger partial charge < -0.3 is 14.3 Å². The summed E-state index contributed by atoms with van der Waals surface area (Å²) in [5.41, 5.74) is 3.37. The van der Waals surface area contributed by atoms with Crippen LogP contribution < -0.4 is 5.32 Å². The minimum Gasteiger partial charge on any atom is -0.411 e. The molecule has 5 aromatic rings. The van der Waals surface area contributed by atoms with Crippen LogP contribution in [0, 0.1) is 10.1 Å². The fourth-order valence-corrected chi connectivity index (χ4v) is 4.50. The number of benzene rings is 3. The molecule has 9 nitrogen and oxygen atoms in total. The van der Waals surface area contributed by atoms with E-state index in [1.54, 1.807) is 12.1 Å². The Hall–Kier alpha value is -4.18. The number of nitrogens with one attached hydrogen (secondary N) is 1. The van der Waals surface area contributed by atoms with Gasteiger partial charge in [0.1, 0.15) is 0 Å². The number of hydrogen-bond acceptors (Lipinski definition) is 7. The predicted octanol–water partition coefficient (Wildman–Crippen LogP) is 5.50. The molecule has 1 amide bonds. The zero-order chi connectivity index (χ0) is 23.7. The highest BCUT2D eigenvalue weighted by atomic mass is 32.2. The molecule has 2 heterocycles. The van der Waals surface area contributed by atoms with Crippen LogP contribution in [0.2, 0.25) is 0 Å². The molecule has 1 N–H and O–H groups in total. The summed E-state index contributed by atoms with van der Waals surface area (Å²) < 4.78 is 7.81. The molecule has 0 fully saturated rings. The van der Waals surface area contributed by atoms with Crippen LogP contribution in [0.15, 0.2) is 76.4 Å². The standard InChI is InChI=1S/C24H19N5O4S/c1-2-28-20-9-4-3-8-18(20)19-13-16(10-11-21(19)28)25-22(30)14-34-24-27-26-23(33-24)15-6-5-7-17(12-15)29(31)32/h3-13H,2,14H2,1H3,(H,25,30). The first-order valence-electron chi connectivity index (χ1n) is 10.6. The summed E-state index contributed by atoms with van der Waals surface area (Å²) in [5, 5.41) is 24.2. The Morgan fingerprint density at radius 1 is 1.06 bits per heavy atom. The Morgan fingerprint density at radius 2 is 1.88 bits per heavy atom. The van der Waals surface area contributed by atoms with Crippen LogP contribution in [0.25, 0.3) is 33.3 Å². The molecular formula is C24H19N5O4S. The van der Waals surface area contributed by atoms with Gasteiger partial charge in [0, 0.05) is 51.7 Å². The van der Waals surface area contributed by atoms with Crippen molar-refractivity contribution in [2.24, 2.45) is 0 Å². The van der Waals surface area contributed by atoms with E-state index in [4.69, 9.17) is 4.42 Å². The lowest BCUT2D eigenvalue weighted by Crippen LogP contribution is -2.13. The van der Waals surface area contributed by atoms with Crippen molar-refractivity contribution in [3.63, 3.8) is 0 Å². The minimum atomic E-state index is -0.489. The molecule has 0 saturated carbocycles.